The SMILES string of the molecule is C=C(Nc1cccc(C(=O)O)c1)[C@@H]1C(=O)NC(=O)N(Cc2ccccc2)C1=O. The van der Waals surface area contributed by atoms with Crippen LogP contribution in [0.25, 0.3) is 0 Å². The number of hydrogen-bond donors (Lipinski definition) is 3. The molecule has 8 heteroatoms. The number of carboxylic acids is 1. The summed E-state index contributed by atoms with van der Waals surface area (Å²) in [6.45, 7) is 3.75. The van der Waals surface area contributed by atoms with Crippen LogP contribution in [0.1, 0.15) is 15.9 Å². The Morgan fingerprint density at radius 3 is 2.50 bits per heavy atom. The molecule has 2 aromatic rings. The molecule has 8 nitrogen and oxygen atoms in total. The van der Waals surface area contributed by atoms with Gasteiger partial charge < -0.3 is 10.4 Å². The zero-order chi connectivity index (χ0) is 20.3. The molecule has 1 fully saturated rings. The molecular weight excluding hydrogens is 362 g/mol. The highest BCUT2D eigenvalue weighted by Gasteiger charge is 2.42. The molecule has 142 valence electrons. The van der Waals surface area contributed by atoms with Crippen molar-refractivity contribution in [2.24, 2.45) is 5.92 Å². The van der Waals surface area contributed by atoms with Gasteiger partial charge in [0.2, 0.25) is 11.8 Å². The van der Waals surface area contributed by atoms with Gasteiger partial charge in [-0.05, 0) is 23.8 Å². The van der Waals surface area contributed by atoms with Crippen molar-refractivity contribution in [2.75, 3.05) is 5.32 Å². The van der Waals surface area contributed by atoms with Gasteiger partial charge >= 0.3 is 12.0 Å². The lowest BCUT2D eigenvalue weighted by atomic mass is 10.0. The summed E-state index contributed by atoms with van der Waals surface area (Å²) in [4.78, 5) is 49.2. The number of benzene rings is 2. The minimum Gasteiger partial charge on any atom is -0.478 e. The Hall–Kier alpha value is -3.94. The van der Waals surface area contributed by atoms with Crippen LogP contribution < -0.4 is 10.6 Å². The minimum absolute atomic E-state index is 0.0110. The second-order valence-electron chi connectivity index (χ2n) is 6.17. The van der Waals surface area contributed by atoms with E-state index in [1.807, 2.05) is 6.07 Å². The van der Waals surface area contributed by atoms with Gasteiger partial charge in [0.1, 0.15) is 0 Å². The number of carbonyl (C=O) groups is 4. The van der Waals surface area contributed by atoms with Crippen molar-refractivity contribution in [1.29, 1.82) is 0 Å². The number of anilines is 1. The van der Waals surface area contributed by atoms with Crippen molar-refractivity contribution in [2.45, 2.75) is 6.54 Å². The predicted octanol–water partition coefficient (Wildman–Crippen LogP) is 2.21. The number of barbiturate groups is 1. The van der Waals surface area contributed by atoms with E-state index in [2.05, 4.69) is 17.2 Å². The molecule has 0 saturated carbocycles. The highest BCUT2D eigenvalue weighted by atomic mass is 16.4. The number of rotatable bonds is 6. The molecular formula is C20H17N3O5. The third-order valence-corrected chi connectivity index (χ3v) is 4.20. The number of aromatic carboxylic acids is 1. The predicted molar refractivity (Wildman–Crippen MR) is 100 cm³/mol. The van der Waals surface area contributed by atoms with E-state index >= 15 is 0 Å². The average molecular weight is 379 g/mol. The molecule has 28 heavy (non-hydrogen) atoms. The highest BCUT2D eigenvalue weighted by molar-refractivity contribution is 6.17. The Kier molecular flexibility index (Phi) is 5.21. The minimum atomic E-state index is -1.32. The van der Waals surface area contributed by atoms with Crippen molar-refractivity contribution < 1.29 is 24.3 Å². The monoisotopic (exact) mass is 379 g/mol. The van der Waals surface area contributed by atoms with Gasteiger partial charge in [0.25, 0.3) is 0 Å². The fourth-order valence-corrected chi connectivity index (χ4v) is 2.82. The van der Waals surface area contributed by atoms with E-state index in [1.54, 1.807) is 30.3 Å². The summed E-state index contributed by atoms with van der Waals surface area (Å²) >= 11 is 0. The van der Waals surface area contributed by atoms with Crippen molar-refractivity contribution >= 4 is 29.5 Å². The number of nitrogens with zero attached hydrogens (tertiary/aromatic N) is 1. The van der Waals surface area contributed by atoms with Gasteiger partial charge in [-0.1, -0.05) is 43.0 Å². The van der Waals surface area contributed by atoms with Crippen LogP contribution in [0.2, 0.25) is 0 Å². The van der Waals surface area contributed by atoms with Gasteiger partial charge in [0.15, 0.2) is 5.92 Å². The van der Waals surface area contributed by atoms with Gasteiger partial charge in [0.05, 0.1) is 12.1 Å². The van der Waals surface area contributed by atoms with Crippen molar-refractivity contribution in [3.63, 3.8) is 0 Å². The molecule has 3 N–H and O–H groups in total. The number of imide groups is 2. The standard InChI is InChI=1S/C20H17N3O5/c1-12(21-15-9-5-8-14(10-15)19(26)27)16-17(24)22-20(28)23(18(16)25)11-13-6-3-2-4-7-13/h2-10,16,21H,1,11H2,(H,26,27)(H,22,24,28)/t16-/m1/s1. The number of nitrogens with one attached hydrogen (secondary N) is 2. The second kappa shape index (κ2) is 7.75. The van der Waals surface area contributed by atoms with Gasteiger partial charge in [-0.2, -0.15) is 0 Å². The molecule has 1 atom stereocenters. The van der Waals surface area contributed by atoms with Crippen molar-refractivity contribution in [1.82, 2.24) is 10.2 Å². The van der Waals surface area contributed by atoms with Crippen LogP contribution in [0.5, 0.6) is 0 Å². The summed E-state index contributed by atoms with van der Waals surface area (Å²) in [5, 5.41) is 14.0. The molecule has 0 aromatic heterocycles. The van der Waals surface area contributed by atoms with Crippen molar-refractivity contribution in [3.05, 3.63) is 78.0 Å². The Morgan fingerprint density at radius 1 is 1.11 bits per heavy atom. The third-order valence-electron chi connectivity index (χ3n) is 4.20. The largest absolute Gasteiger partial charge is 0.478 e. The van der Waals surface area contributed by atoms with Gasteiger partial charge in [0, 0.05) is 11.4 Å². The number of amides is 4. The van der Waals surface area contributed by atoms with Crippen LogP contribution in [0.15, 0.2) is 66.9 Å². The summed E-state index contributed by atoms with van der Waals surface area (Å²) in [5.74, 6) is -3.93. The quantitative estimate of drug-likeness (QED) is 0.663. The maximum atomic E-state index is 12.8. The molecule has 0 bridgehead atoms. The van der Waals surface area contributed by atoms with Crippen LogP contribution in [0.4, 0.5) is 10.5 Å². The molecule has 1 aliphatic heterocycles. The van der Waals surface area contributed by atoms with Crippen LogP contribution in [-0.4, -0.2) is 33.8 Å². The second-order valence-corrected chi connectivity index (χ2v) is 6.17. The smallest absolute Gasteiger partial charge is 0.335 e. The lowest BCUT2D eigenvalue weighted by molar-refractivity contribution is -0.141. The summed E-state index contributed by atoms with van der Waals surface area (Å²) in [5.41, 5.74) is 1.16. The van der Waals surface area contributed by atoms with Crippen LogP contribution in [-0.2, 0) is 16.1 Å². The summed E-state index contributed by atoms with van der Waals surface area (Å²) in [7, 11) is 0. The fraction of sp³-hybridized carbons (Fsp3) is 0.100. The Bertz CT molecular complexity index is 971. The van der Waals surface area contributed by atoms with Gasteiger partial charge in [-0.25, -0.2) is 9.59 Å². The maximum Gasteiger partial charge on any atom is 0.335 e. The molecule has 0 radical (unpaired) electrons. The van der Waals surface area contributed by atoms with Gasteiger partial charge in [-0.15, -0.1) is 0 Å². The number of carboxylic acid groups (broad SMARTS) is 1. The van der Waals surface area contributed by atoms with E-state index in [0.29, 0.717) is 5.69 Å². The van der Waals surface area contributed by atoms with E-state index in [1.165, 1.54) is 18.2 Å². The first-order valence-electron chi connectivity index (χ1n) is 8.36. The van der Waals surface area contributed by atoms with E-state index in [-0.39, 0.29) is 17.8 Å². The van der Waals surface area contributed by atoms with Gasteiger partial charge in [-0.3, -0.25) is 19.8 Å². The Morgan fingerprint density at radius 2 is 1.82 bits per heavy atom. The average Bonchev–Trinajstić information content (AvgIpc) is 2.66. The zero-order valence-electron chi connectivity index (χ0n) is 14.7. The number of carbonyl (C=O) groups excluding carboxylic acids is 3. The normalized spacial score (nSPS) is 16.5. The summed E-state index contributed by atoms with van der Waals surface area (Å²) in [6.07, 6.45) is 0. The Labute approximate surface area is 160 Å². The molecule has 1 saturated heterocycles. The maximum absolute atomic E-state index is 12.8. The molecule has 4 amide bonds. The summed E-state index contributed by atoms with van der Waals surface area (Å²) in [6, 6.07) is 14.0. The lowest BCUT2D eigenvalue weighted by Crippen LogP contribution is -2.58. The lowest BCUT2D eigenvalue weighted by Gasteiger charge is -2.31. The first kappa shape index (κ1) is 18.8. The topological polar surface area (TPSA) is 116 Å². The molecule has 3 rings (SSSR count). The molecule has 0 aliphatic carbocycles. The van der Waals surface area contributed by atoms with E-state index in [0.717, 1.165) is 10.5 Å². The molecule has 1 aliphatic rings. The van der Waals surface area contributed by atoms with Crippen LogP contribution >= 0.6 is 0 Å². The third kappa shape index (κ3) is 3.90. The fourth-order valence-electron chi connectivity index (χ4n) is 2.82. The molecule has 1 heterocycles. The molecule has 0 spiro atoms. The van der Waals surface area contributed by atoms with E-state index in [4.69, 9.17) is 5.11 Å². The van der Waals surface area contributed by atoms with Crippen molar-refractivity contribution in [3.8, 4) is 0 Å². The highest BCUT2D eigenvalue weighted by Crippen LogP contribution is 2.22. The summed E-state index contributed by atoms with van der Waals surface area (Å²) < 4.78 is 0. The first-order chi connectivity index (χ1) is 13.4. The molecule has 2 aromatic carbocycles. The van der Waals surface area contributed by atoms with E-state index in [9.17, 15) is 19.2 Å². The number of hydrogen-bond acceptors (Lipinski definition) is 5. The first-order valence-corrected chi connectivity index (χ1v) is 8.36. The zero-order valence-corrected chi connectivity index (χ0v) is 14.7. The van der Waals surface area contributed by atoms with E-state index < -0.39 is 29.7 Å². The molecule has 0 unspecified atom stereocenters. The number of urea groups is 1. The van der Waals surface area contributed by atoms with Crippen LogP contribution in [0, 0.1) is 5.92 Å². The Balaban J connectivity index is 1.79. The van der Waals surface area contributed by atoms with Crippen LogP contribution in [0.3, 0.4) is 0 Å².